The molecule has 0 rings (SSSR count). The van der Waals surface area contributed by atoms with Crippen molar-refractivity contribution in [1.29, 1.82) is 0 Å². The second-order valence-electron chi connectivity index (χ2n) is 6.61. The lowest BCUT2D eigenvalue weighted by molar-refractivity contribution is -0.137. The van der Waals surface area contributed by atoms with Crippen LogP contribution in [0.3, 0.4) is 0 Å². The molecule has 0 saturated heterocycles. The summed E-state index contributed by atoms with van der Waals surface area (Å²) in [5.41, 5.74) is -0.343. The summed E-state index contributed by atoms with van der Waals surface area (Å²) in [7, 11) is 0. The first-order chi connectivity index (χ1) is 9.03. The van der Waals surface area contributed by atoms with E-state index in [9.17, 15) is 4.79 Å². The largest absolute Gasteiger partial charge is 0.355 e. The Morgan fingerprint density at radius 3 is 1.50 bits per heavy atom. The molecule has 0 spiro atoms. The molecule has 0 saturated carbocycles. The van der Waals surface area contributed by atoms with Crippen molar-refractivity contribution in [2.24, 2.45) is 22.7 Å². The van der Waals surface area contributed by atoms with Gasteiger partial charge in [0.1, 0.15) is 0 Å². The zero-order chi connectivity index (χ0) is 17.1. The average molecular weight is 288 g/mol. The highest BCUT2D eigenvalue weighted by atomic mass is 16.2. The van der Waals surface area contributed by atoms with Gasteiger partial charge in [0.25, 0.3) is 0 Å². The van der Waals surface area contributed by atoms with Gasteiger partial charge in [-0.2, -0.15) is 0 Å². The lowest BCUT2D eigenvalue weighted by Gasteiger charge is -2.43. The van der Waals surface area contributed by atoms with Crippen LogP contribution in [-0.2, 0) is 4.79 Å². The monoisotopic (exact) mass is 287 g/mol. The van der Waals surface area contributed by atoms with Gasteiger partial charge in [0.05, 0.1) is 0 Å². The molecule has 0 aromatic heterocycles. The number of nitrogens with one attached hydrogen (secondary N) is 1. The fourth-order valence-corrected chi connectivity index (χ4v) is 1.53. The Hall–Kier alpha value is -0.530. The van der Waals surface area contributed by atoms with Crippen LogP contribution in [0.2, 0.25) is 0 Å². The predicted octanol–water partition coefficient (Wildman–Crippen LogP) is 5.52. The van der Waals surface area contributed by atoms with Crippen molar-refractivity contribution in [3.63, 3.8) is 0 Å². The lowest BCUT2D eigenvalue weighted by atomic mass is 9.61. The molecule has 0 aliphatic rings. The lowest BCUT2D eigenvalue weighted by Crippen LogP contribution is -2.49. The van der Waals surface area contributed by atoms with Crippen LogP contribution in [0, 0.1) is 22.7 Å². The van der Waals surface area contributed by atoms with Gasteiger partial charge < -0.3 is 5.32 Å². The summed E-state index contributed by atoms with van der Waals surface area (Å²) in [5, 5.41) is 3.04. The molecule has 0 bridgehead atoms. The minimum Gasteiger partial charge on any atom is -0.355 e. The first-order valence-electron chi connectivity index (χ1n) is 8.31. The summed E-state index contributed by atoms with van der Waals surface area (Å²) in [5.74, 6) is 1.15. The summed E-state index contributed by atoms with van der Waals surface area (Å²) in [6.45, 7) is 25.8. The Bertz CT molecular complexity index is 240. The van der Waals surface area contributed by atoms with E-state index >= 15 is 0 Å². The third-order valence-corrected chi connectivity index (χ3v) is 4.29. The van der Waals surface area contributed by atoms with E-state index < -0.39 is 0 Å². The molecule has 2 nitrogen and oxygen atoms in total. The van der Waals surface area contributed by atoms with Gasteiger partial charge in [-0.15, -0.1) is 0 Å². The van der Waals surface area contributed by atoms with E-state index in [2.05, 4.69) is 46.9 Å². The molecule has 20 heavy (non-hydrogen) atoms. The third kappa shape index (κ3) is 7.31. The number of hydrogen-bond acceptors (Lipinski definition) is 1. The maximum atomic E-state index is 12.2. The second kappa shape index (κ2) is 11.2. The summed E-state index contributed by atoms with van der Waals surface area (Å²) < 4.78 is 0. The first-order valence-corrected chi connectivity index (χ1v) is 8.31. The van der Waals surface area contributed by atoms with E-state index in [4.69, 9.17) is 0 Å². The Labute approximate surface area is 129 Å². The zero-order valence-electron chi connectivity index (χ0n) is 16.3. The van der Waals surface area contributed by atoms with Crippen molar-refractivity contribution in [3.05, 3.63) is 0 Å². The van der Waals surface area contributed by atoms with Crippen molar-refractivity contribution in [2.45, 2.75) is 83.1 Å². The molecule has 0 aliphatic carbocycles. The van der Waals surface area contributed by atoms with Crippen LogP contribution < -0.4 is 5.32 Å². The molecule has 1 N–H and O–H groups in total. The van der Waals surface area contributed by atoms with Crippen LogP contribution in [-0.4, -0.2) is 12.5 Å². The first kappa shape index (κ1) is 24.5. The van der Waals surface area contributed by atoms with Crippen molar-refractivity contribution >= 4 is 5.91 Å². The molecule has 0 fully saturated rings. The highest BCUT2D eigenvalue weighted by Crippen LogP contribution is 2.44. The van der Waals surface area contributed by atoms with E-state index in [-0.39, 0.29) is 16.7 Å². The Kier molecular flexibility index (Phi) is 13.7. The van der Waals surface area contributed by atoms with E-state index in [0.717, 1.165) is 6.54 Å². The molecule has 2 heteroatoms. The highest BCUT2D eigenvalue weighted by molar-refractivity contribution is 5.82. The maximum Gasteiger partial charge on any atom is 0.226 e. The summed E-state index contributed by atoms with van der Waals surface area (Å²) >= 11 is 0. The van der Waals surface area contributed by atoms with E-state index in [1.807, 2.05) is 41.5 Å². The van der Waals surface area contributed by atoms with Crippen LogP contribution in [0.25, 0.3) is 0 Å². The Morgan fingerprint density at radius 2 is 1.25 bits per heavy atom. The highest BCUT2D eigenvalue weighted by Gasteiger charge is 2.44. The maximum absolute atomic E-state index is 12.2. The summed E-state index contributed by atoms with van der Waals surface area (Å²) in [6.07, 6.45) is 0. The SMILES string of the molecule is CC.CC.CC(C)CNC(=O)C(C)(C)C(C)(C)C(C)C. The Balaban J connectivity index is -0.000000656. The zero-order valence-corrected chi connectivity index (χ0v) is 16.3. The smallest absolute Gasteiger partial charge is 0.226 e. The summed E-state index contributed by atoms with van der Waals surface area (Å²) in [6, 6.07) is 0. The molecule has 0 aromatic rings. The van der Waals surface area contributed by atoms with Crippen molar-refractivity contribution in [1.82, 2.24) is 5.32 Å². The van der Waals surface area contributed by atoms with Gasteiger partial charge in [-0.25, -0.2) is 0 Å². The fourth-order valence-electron chi connectivity index (χ4n) is 1.53. The van der Waals surface area contributed by atoms with Gasteiger partial charge >= 0.3 is 0 Å². The van der Waals surface area contributed by atoms with Gasteiger partial charge in [0, 0.05) is 12.0 Å². The van der Waals surface area contributed by atoms with Gasteiger partial charge in [-0.3, -0.25) is 4.79 Å². The minimum atomic E-state index is -0.337. The molecular formula is C18H41NO. The number of amides is 1. The van der Waals surface area contributed by atoms with E-state index in [0.29, 0.717) is 11.8 Å². The van der Waals surface area contributed by atoms with Crippen molar-refractivity contribution in [2.75, 3.05) is 6.54 Å². The van der Waals surface area contributed by atoms with Crippen LogP contribution in [0.1, 0.15) is 83.1 Å². The Morgan fingerprint density at radius 1 is 0.900 bits per heavy atom. The number of hydrogen-bond donors (Lipinski definition) is 1. The van der Waals surface area contributed by atoms with Crippen LogP contribution in [0.5, 0.6) is 0 Å². The van der Waals surface area contributed by atoms with Gasteiger partial charge in [-0.1, -0.05) is 83.1 Å². The molecule has 0 aromatic carbocycles. The molecule has 0 heterocycles. The van der Waals surface area contributed by atoms with Crippen LogP contribution in [0.15, 0.2) is 0 Å². The minimum absolute atomic E-state index is 0.00589. The van der Waals surface area contributed by atoms with Crippen molar-refractivity contribution < 1.29 is 4.79 Å². The standard InChI is InChI=1S/C14H29NO.2C2H6/c1-10(2)9-15-12(16)14(7,8)13(5,6)11(3)4;2*1-2/h10-11H,9H2,1-8H3,(H,15,16);2*1-2H3. The van der Waals surface area contributed by atoms with Gasteiger partial charge in [0.15, 0.2) is 0 Å². The number of carbonyl (C=O) groups is 1. The van der Waals surface area contributed by atoms with E-state index in [1.54, 1.807) is 0 Å². The molecule has 1 amide bonds. The molecule has 0 radical (unpaired) electrons. The topological polar surface area (TPSA) is 29.1 Å². The molecular weight excluding hydrogens is 246 g/mol. The normalized spacial score (nSPS) is 11.3. The summed E-state index contributed by atoms with van der Waals surface area (Å²) in [4.78, 5) is 12.2. The third-order valence-electron chi connectivity index (χ3n) is 4.29. The molecule has 124 valence electrons. The number of carbonyl (C=O) groups excluding carboxylic acids is 1. The van der Waals surface area contributed by atoms with Crippen molar-refractivity contribution in [3.8, 4) is 0 Å². The fraction of sp³-hybridized carbons (Fsp3) is 0.944. The van der Waals surface area contributed by atoms with Crippen LogP contribution in [0.4, 0.5) is 0 Å². The van der Waals surface area contributed by atoms with Gasteiger partial charge in [0.2, 0.25) is 5.91 Å². The quantitative estimate of drug-likeness (QED) is 0.708. The molecule has 0 aliphatic heterocycles. The van der Waals surface area contributed by atoms with Gasteiger partial charge in [-0.05, 0) is 17.3 Å². The second-order valence-corrected chi connectivity index (χ2v) is 6.61. The average Bonchev–Trinajstić information content (AvgIpc) is 2.39. The number of rotatable bonds is 5. The van der Waals surface area contributed by atoms with E-state index in [1.165, 1.54) is 0 Å². The van der Waals surface area contributed by atoms with Crippen LogP contribution >= 0.6 is 0 Å². The molecule has 0 atom stereocenters. The molecule has 0 unspecified atom stereocenters. The predicted molar refractivity (Wildman–Crippen MR) is 92.9 cm³/mol.